The molecule has 4 nitrogen and oxygen atoms in total. The second-order valence-electron chi connectivity index (χ2n) is 3.49. The first-order valence-electron chi connectivity index (χ1n) is 4.52. The summed E-state index contributed by atoms with van der Waals surface area (Å²) in [7, 11) is 1.62. The van der Waals surface area contributed by atoms with Crippen molar-refractivity contribution in [3.63, 3.8) is 0 Å². The highest BCUT2D eigenvalue weighted by atomic mass is 16.5. The van der Waals surface area contributed by atoms with Crippen LogP contribution in [0.5, 0.6) is 0 Å². The fourth-order valence-electron chi connectivity index (χ4n) is 1.47. The highest BCUT2D eigenvalue weighted by molar-refractivity contribution is 5.70. The third-order valence-corrected chi connectivity index (χ3v) is 2.23. The normalized spacial score (nSPS) is 31.2. The number of hydrogen-bond donors (Lipinski definition) is 1. The molecule has 1 heterocycles. The number of hydrogen-bond acceptors (Lipinski definition) is 4. The van der Waals surface area contributed by atoms with Crippen molar-refractivity contribution >= 4 is 5.97 Å². The van der Waals surface area contributed by atoms with Crippen molar-refractivity contribution in [3.8, 4) is 0 Å². The maximum atomic E-state index is 10.9. The fourth-order valence-corrected chi connectivity index (χ4v) is 1.47. The molecule has 0 aromatic heterocycles. The maximum Gasteiger partial charge on any atom is 0.308 e. The molecule has 0 aromatic carbocycles. The van der Waals surface area contributed by atoms with Crippen LogP contribution in [0.15, 0.2) is 0 Å². The van der Waals surface area contributed by atoms with Gasteiger partial charge in [-0.1, -0.05) is 0 Å². The Morgan fingerprint density at radius 1 is 1.77 bits per heavy atom. The van der Waals surface area contributed by atoms with Crippen LogP contribution in [-0.4, -0.2) is 36.5 Å². The second-order valence-corrected chi connectivity index (χ2v) is 3.49. The molecule has 0 aromatic rings. The van der Waals surface area contributed by atoms with Crippen LogP contribution in [0.25, 0.3) is 0 Å². The Morgan fingerprint density at radius 3 is 3.00 bits per heavy atom. The molecule has 3 atom stereocenters. The van der Waals surface area contributed by atoms with Crippen LogP contribution in [0.4, 0.5) is 0 Å². The number of rotatable bonds is 3. The van der Waals surface area contributed by atoms with Crippen molar-refractivity contribution in [3.05, 3.63) is 0 Å². The van der Waals surface area contributed by atoms with E-state index in [4.69, 9.17) is 9.47 Å². The molecule has 76 valence electrons. The molecule has 1 saturated heterocycles. The molecule has 1 fully saturated rings. The summed E-state index contributed by atoms with van der Waals surface area (Å²) in [6.45, 7) is 1.91. The van der Waals surface area contributed by atoms with Gasteiger partial charge in [-0.2, -0.15) is 0 Å². The number of cyclic esters (lactones) is 1. The zero-order valence-corrected chi connectivity index (χ0v) is 8.03. The second kappa shape index (κ2) is 4.58. The summed E-state index contributed by atoms with van der Waals surface area (Å²) in [5.74, 6) is -0.313. The number of methoxy groups -OCH3 is 1. The molecule has 1 N–H and O–H groups in total. The van der Waals surface area contributed by atoms with Gasteiger partial charge in [0.1, 0.15) is 6.10 Å². The quantitative estimate of drug-likeness (QED) is 0.654. The number of aliphatic hydroxyl groups excluding tert-OH is 1. The number of aliphatic hydroxyl groups is 1. The predicted molar refractivity (Wildman–Crippen MR) is 46.2 cm³/mol. The number of esters is 1. The summed E-state index contributed by atoms with van der Waals surface area (Å²) in [6.07, 6.45) is 0.626. The van der Waals surface area contributed by atoms with Crippen LogP contribution in [0, 0.1) is 0 Å². The zero-order valence-electron chi connectivity index (χ0n) is 8.03. The van der Waals surface area contributed by atoms with Gasteiger partial charge in [-0.3, -0.25) is 4.79 Å². The highest BCUT2D eigenvalue weighted by Gasteiger charge is 2.28. The van der Waals surface area contributed by atoms with Gasteiger partial charge < -0.3 is 14.6 Å². The fraction of sp³-hybridized carbons (Fsp3) is 0.889. The van der Waals surface area contributed by atoms with Crippen molar-refractivity contribution in [2.45, 2.75) is 44.5 Å². The molecule has 0 spiro atoms. The smallest absolute Gasteiger partial charge is 0.308 e. The Hall–Kier alpha value is -0.610. The van der Waals surface area contributed by atoms with E-state index < -0.39 is 6.10 Å². The van der Waals surface area contributed by atoms with E-state index in [1.807, 2.05) is 6.92 Å². The standard InChI is InChI=1S/C9H16O4/c1-6(12-2)3-8-4-7(10)5-9(11)13-8/h6-8,10H,3-5H2,1-2H3/t6-,7-,8?/m1/s1. The number of carbonyl (C=O) groups excluding carboxylic acids is 1. The minimum Gasteiger partial charge on any atom is -0.462 e. The van der Waals surface area contributed by atoms with Gasteiger partial charge in [-0.15, -0.1) is 0 Å². The van der Waals surface area contributed by atoms with Crippen molar-refractivity contribution in [2.24, 2.45) is 0 Å². The average Bonchev–Trinajstić information content (AvgIpc) is 2.02. The predicted octanol–water partition coefficient (Wildman–Crippen LogP) is 0.478. The van der Waals surface area contributed by atoms with Gasteiger partial charge in [0.25, 0.3) is 0 Å². The topological polar surface area (TPSA) is 55.8 Å². The lowest BCUT2D eigenvalue weighted by Gasteiger charge is -2.27. The van der Waals surface area contributed by atoms with Crippen molar-refractivity contribution in [2.75, 3.05) is 7.11 Å². The van der Waals surface area contributed by atoms with Crippen LogP contribution in [-0.2, 0) is 14.3 Å². The van der Waals surface area contributed by atoms with Crippen LogP contribution < -0.4 is 0 Å². The summed E-state index contributed by atoms with van der Waals surface area (Å²) >= 11 is 0. The van der Waals surface area contributed by atoms with Gasteiger partial charge >= 0.3 is 5.97 Å². The molecule has 1 rings (SSSR count). The third-order valence-electron chi connectivity index (χ3n) is 2.23. The average molecular weight is 188 g/mol. The lowest BCUT2D eigenvalue weighted by Crippen LogP contribution is -2.34. The van der Waals surface area contributed by atoms with E-state index >= 15 is 0 Å². The Morgan fingerprint density at radius 2 is 2.46 bits per heavy atom. The lowest BCUT2D eigenvalue weighted by atomic mass is 10.0. The number of ether oxygens (including phenoxy) is 2. The van der Waals surface area contributed by atoms with E-state index in [0.717, 1.165) is 0 Å². The maximum absolute atomic E-state index is 10.9. The van der Waals surface area contributed by atoms with Crippen LogP contribution >= 0.6 is 0 Å². The monoisotopic (exact) mass is 188 g/mol. The molecule has 1 aliphatic rings. The summed E-state index contributed by atoms with van der Waals surface area (Å²) in [6, 6.07) is 0. The molecule has 0 bridgehead atoms. The highest BCUT2D eigenvalue weighted by Crippen LogP contribution is 2.19. The molecule has 0 radical (unpaired) electrons. The first-order chi connectivity index (χ1) is 6.11. The minimum atomic E-state index is -0.546. The Bertz CT molecular complexity index is 180. The minimum absolute atomic E-state index is 0.0584. The summed E-state index contributed by atoms with van der Waals surface area (Å²) in [4.78, 5) is 10.9. The first kappa shape index (κ1) is 10.5. The van der Waals surface area contributed by atoms with E-state index in [-0.39, 0.29) is 24.6 Å². The van der Waals surface area contributed by atoms with E-state index in [0.29, 0.717) is 12.8 Å². The Balaban J connectivity index is 2.37. The molecule has 13 heavy (non-hydrogen) atoms. The molecule has 0 aliphatic carbocycles. The zero-order chi connectivity index (χ0) is 9.84. The van der Waals surface area contributed by atoms with Gasteiger partial charge in [0.05, 0.1) is 18.6 Å². The summed E-state index contributed by atoms with van der Waals surface area (Å²) in [5, 5.41) is 9.29. The molecule has 0 saturated carbocycles. The summed E-state index contributed by atoms with van der Waals surface area (Å²) in [5.41, 5.74) is 0. The van der Waals surface area contributed by atoms with Crippen LogP contribution in [0.1, 0.15) is 26.2 Å². The van der Waals surface area contributed by atoms with Crippen molar-refractivity contribution < 1.29 is 19.4 Å². The summed E-state index contributed by atoms with van der Waals surface area (Å²) < 4.78 is 10.1. The van der Waals surface area contributed by atoms with Gasteiger partial charge in [0.2, 0.25) is 0 Å². The largest absolute Gasteiger partial charge is 0.462 e. The van der Waals surface area contributed by atoms with E-state index in [9.17, 15) is 9.90 Å². The number of carbonyl (C=O) groups is 1. The van der Waals surface area contributed by atoms with E-state index in [2.05, 4.69) is 0 Å². The van der Waals surface area contributed by atoms with E-state index in [1.165, 1.54) is 0 Å². The van der Waals surface area contributed by atoms with Gasteiger partial charge in [-0.05, 0) is 6.92 Å². The molecular weight excluding hydrogens is 172 g/mol. The van der Waals surface area contributed by atoms with Crippen molar-refractivity contribution in [1.29, 1.82) is 0 Å². The lowest BCUT2D eigenvalue weighted by molar-refractivity contribution is -0.162. The van der Waals surface area contributed by atoms with Crippen LogP contribution in [0.3, 0.4) is 0 Å². The van der Waals surface area contributed by atoms with Gasteiger partial charge in [0, 0.05) is 20.0 Å². The SMILES string of the molecule is CO[C@H](C)CC1C[C@@H](O)CC(=O)O1. The Labute approximate surface area is 77.8 Å². The molecular formula is C9H16O4. The molecule has 1 aliphatic heterocycles. The molecule has 1 unspecified atom stereocenters. The Kier molecular flexibility index (Phi) is 3.69. The molecule has 4 heteroatoms. The van der Waals surface area contributed by atoms with Crippen molar-refractivity contribution in [1.82, 2.24) is 0 Å². The van der Waals surface area contributed by atoms with Gasteiger partial charge in [-0.25, -0.2) is 0 Å². The van der Waals surface area contributed by atoms with Gasteiger partial charge in [0.15, 0.2) is 0 Å². The molecule has 0 amide bonds. The van der Waals surface area contributed by atoms with E-state index in [1.54, 1.807) is 7.11 Å². The third kappa shape index (κ3) is 3.32. The van der Waals surface area contributed by atoms with Crippen LogP contribution in [0.2, 0.25) is 0 Å². The first-order valence-corrected chi connectivity index (χ1v) is 4.52.